The standard InChI is InChI=1S/C21H25BrN2O3S2/c1-3-4-5-6-10-23-16-9-8-14(22)13-15(16)17(19(23)25)18-20(26)24(21(28)29-18)11-7-12-27-2/h8-9,13H,3-7,10-12H2,1-2H3/b18-17-. The number of hydrogen-bond donors (Lipinski definition) is 0. The molecule has 0 spiro atoms. The number of thioether (sulfide) groups is 1. The fourth-order valence-corrected chi connectivity index (χ4v) is 5.29. The van der Waals surface area contributed by atoms with Gasteiger partial charge < -0.3 is 9.64 Å². The van der Waals surface area contributed by atoms with Gasteiger partial charge in [-0.05, 0) is 31.0 Å². The minimum absolute atomic E-state index is 0.105. The van der Waals surface area contributed by atoms with E-state index in [1.54, 1.807) is 12.0 Å². The van der Waals surface area contributed by atoms with Crippen LogP contribution < -0.4 is 4.90 Å². The Hall–Kier alpha value is -1.22. The van der Waals surface area contributed by atoms with Crippen molar-refractivity contribution in [3.8, 4) is 0 Å². The summed E-state index contributed by atoms with van der Waals surface area (Å²) in [6.45, 7) is 3.88. The van der Waals surface area contributed by atoms with E-state index in [0.717, 1.165) is 41.4 Å². The summed E-state index contributed by atoms with van der Waals surface area (Å²) >= 11 is 10.2. The fraction of sp³-hybridized carbons (Fsp3) is 0.476. The zero-order chi connectivity index (χ0) is 21.0. The molecule has 0 atom stereocenters. The number of halogens is 1. The zero-order valence-electron chi connectivity index (χ0n) is 16.7. The molecule has 2 amide bonds. The highest BCUT2D eigenvalue weighted by molar-refractivity contribution is 9.10. The Balaban J connectivity index is 1.92. The van der Waals surface area contributed by atoms with E-state index in [2.05, 4.69) is 22.9 Å². The molecule has 29 heavy (non-hydrogen) atoms. The van der Waals surface area contributed by atoms with Gasteiger partial charge in [0.05, 0.1) is 16.2 Å². The number of rotatable bonds is 9. The first-order valence-corrected chi connectivity index (χ1v) is 11.9. The molecule has 156 valence electrons. The normalized spacial score (nSPS) is 18.9. The van der Waals surface area contributed by atoms with Crippen LogP contribution in [0.4, 0.5) is 5.69 Å². The molecule has 0 N–H and O–H groups in total. The first-order valence-electron chi connectivity index (χ1n) is 9.88. The van der Waals surface area contributed by atoms with E-state index in [9.17, 15) is 9.59 Å². The number of carbonyl (C=O) groups excluding carboxylic acids is 2. The highest BCUT2D eigenvalue weighted by Gasteiger charge is 2.41. The van der Waals surface area contributed by atoms with Crippen LogP contribution in [0.1, 0.15) is 44.6 Å². The van der Waals surface area contributed by atoms with Crippen LogP contribution in [0.2, 0.25) is 0 Å². The summed E-state index contributed by atoms with van der Waals surface area (Å²) in [7, 11) is 1.63. The van der Waals surface area contributed by atoms with Crippen LogP contribution >= 0.6 is 39.9 Å². The molecule has 1 fully saturated rings. The number of nitrogens with zero attached hydrogens (tertiary/aromatic N) is 2. The molecule has 0 radical (unpaired) electrons. The molecule has 1 saturated heterocycles. The number of methoxy groups -OCH3 is 1. The molecule has 3 rings (SSSR count). The second kappa shape index (κ2) is 10.2. The van der Waals surface area contributed by atoms with Crippen LogP contribution in [0.25, 0.3) is 5.57 Å². The second-order valence-electron chi connectivity index (χ2n) is 7.05. The first-order chi connectivity index (χ1) is 14.0. The third kappa shape index (κ3) is 4.76. The van der Waals surface area contributed by atoms with Crippen LogP contribution in [0.15, 0.2) is 27.6 Å². The lowest BCUT2D eigenvalue weighted by Gasteiger charge is -2.17. The molecular weight excluding hydrogens is 472 g/mol. The molecule has 2 heterocycles. The van der Waals surface area contributed by atoms with Gasteiger partial charge in [0.1, 0.15) is 4.32 Å². The first kappa shape index (κ1) is 22.5. The Morgan fingerprint density at radius 1 is 1.07 bits per heavy atom. The topological polar surface area (TPSA) is 49.9 Å². The number of carbonyl (C=O) groups is 2. The maximum atomic E-state index is 13.3. The summed E-state index contributed by atoms with van der Waals surface area (Å²) in [5.41, 5.74) is 2.15. The Bertz CT molecular complexity index is 856. The summed E-state index contributed by atoms with van der Waals surface area (Å²) < 4.78 is 6.46. The lowest BCUT2D eigenvalue weighted by Crippen LogP contribution is -2.31. The highest BCUT2D eigenvalue weighted by atomic mass is 79.9. The molecule has 2 aliphatic rings. The van der Waals surface area contributed by atoms with Gasteiger partial charge in [0.25, 0.3) is 11.8 Å². The maximum absolute atomic E-state index is 13.3. The molecule has 0 bridgehead atoms. The Labute approximate surface area is 190 Å². The molecule has 1 aromatic rings. The predicted molar refractivity (Wildman–Crippen MR) is 126 cm³/mol. The summed E-state index contributed by atoms with van der Waals surface area (Å²) in [4.78, 5) is 30.3. The van der Waals surface area contributed by atoms with Crippen molar-refractivity contribution in [1.82, 2.24) is 4.90 Å². The largest absolute Gasteiger partial charge is 0.385 e. The molecule has 0 saturated carbocycles. The number of thiocarbonyl (C=S) groups is 1. The fourth-order valence-electron chi connectivity index (χ4n) is 3.55. The van der Waals surface area contributed by atoms with Crippen molar-refractivity contribution in [2.45, 2.75) is 39.0 Å². The second-order valence-corrected chi connectivity index (χ2v) is 9.61. The van der Waals surface area contributed by atoms with Crippen molar-refractivity contribution < 1.29 is 14.3 Å². The number of hydrogen-bond acceptors (Lipinski definition) is 5. The number of amides is 2. The van der Waals surface area contributed by atoms with Gasteiger partial charge in [-0.15, -0.1) is 0 Å². The molecule has 8 heteroatoms. The van der Waals surface area contributed by atoms with E-state index in [1.165, 1.54) is 11.8 Å². The van der Waals surface area contributed by atoms with Gasteiger partial charge in [0, 0.05) is 36.8 Å². The van der Waals surface area contributed by atoms with Crippen molar-refractivity contribution in [2.24, 2.45) is 0 Å². The molecule has 0 aliphatic carbocycles. The van der Waals surface area contributed by atoms with Gasteiger partial charge in [-0.3, -0.25) is 14.5 Å². The van der Waals surface area contributed by atoms with E-state index in [-0.39, 0.29) is 11.8 Å². The predicted octanol–water partition coefficient (Wildman–Crippen LogP) is 4.98. The molecule has 1 aromatic carbocycles. The smallest absolute Gasteiger partial charge is 0.267 e. The average molecular weight is 497 g/mol. The average Bonchev–Trinajstić information content (AvgIpc) is 3.12. The van der Waals surface area contributed by atoms with E-state index < -0.39 is 0 Å². The van der Waals surface area contributed by atoms with E-state index in [4.69, 9.17) is 17.0 Å². The van der Waals surface area contributed by atoms with Crippen molar-refractivity contribution in [1.29, 1.82) is 0 Å². The minimum Gasteiger partial charge on any atom is -0.385 e. The van der Waals surface area contributed by atoms with Gasteiger partial charge in [-0.25, -0.2) is 0 Å². The van der Waals surface area contributed by atoms with E-state index in [0.29, 0.717) is 40.9 Å². The van der Waals surface area contributed by atoms with Gasteiger partial charge in [0.2, 0.25) is 0 Å². The summed E-state index contributed by atoms with van der Waals surface area (Å²) in [5, 5.41) is 0. The lowest BCUT2D eigenvalue weighted by molar-refractivity contribution is -0.122. The minimum atomic E-state index is -0.182. The summed E-state index contributed by atoms with van der Waals surface area (Å²) in [6, 6.07) is 5.81. The van der Waals surface area contributed by atoms with Gasteiger partial charge in [-0.1, -0.05) is 66.1 Å². The third-order valence-corrected chi connectivity index (χ3v) is 6.96. The molecular formula is C21H25BrN2O3S2. The summed E-state index contributed by atoms with van der Waals surface area (Å²) in [6.07, 6.45) is 5.03. The Kier molecular flexibility index (Phi) is 7.90. The third-order valence-electron chi connectivity index (χ3n) is 5.02. The van der Waals surface area contributed by atoms with Gasteiger partial charge in [-0.2, -0.15) is 0 Å². The SMILES string of the molecule is CCCCCCN1C(=O)/C(=C2\SC(=S)N(CCCOC)C2=O)c2cc(Br)ccc21. The van der Waals surface area contributed by atoms with Crippen LogP contribution in [-0.2, 0) is 14.3 Å². The number of ether oxygens (including phenoxy) is 1. The van der Waals surface area contributed by atoms with E-state index in [1.807, 2.05) is 23.1 Å². The molecule has 5 nitrogen and oxygen atoms in total. The van der Waals surface area contributed by atoms with Crippen LogP contribution in [0.5, 0.6) is 0 Å². The quantitative estimate of drug-likeness (QED) is 0.274. The maximum Gasteiger partial charge on any atom is 0.267 e. The van der Waals surface area contributed by atoms with Crippen molar-refractivity contribution in [2.75, 3.05) is 31.7 Å². The molecule has 0 unspecified atom stereocenters. The van der Waals surface area contributed by atoms with Gasteiger partial charge >= 0.3 is 0 Å². The van der Waals surface area contributed by atoms with Crippen LogP contribution in [0.3, 0.4) is 0 Å². The zero-order valence-corrected chi connectivity index (χ0v) is 19.9. The van der Waals surface area contributed by atoms with Crippen LogP contribution in [0, 0.1) is 0 Å². The Morgan fingerprint density at radius 3 is 2.55 bits per heavy atom. The molecule has 0 aromatic heterocycles. The number of benzene rings is 1. The highest BCUT2D eigenvalue weighted by Crippen LogP contribution is 2.45. The molecule has 2 aliphatic heterocycles. The monoisotopic (exact) mass is 496 g/mol. The number of fused-ring (bicyclic) bond motifs is 1. The van der Waals surface area contributed by atoms with E-state index >= 15 is 0 Å². The van der Waals surface area contributed by atoms with Crippen molar-refractivity contribution in [3.63, 3.8) is 0 Å². The Morgan fingerprint density at radius 2 is 1.83 bits per heavy atom. The van der Waals surface area contributed by atoms with Crippen LogP contribution in [-0.4, -0.2) is 47.8 Å². The number of anilines is 1. The van der Waals surface area contributed by atoms with Gasteiger partial charge in [0.15, 0.2) is 0 Å². The lowest BCUT2D eigenvalue weighted by atomic mass is 10.1. The number of unbranched alkanes of at least 4 members (excludes halogenated alkanes) is 3. The van der Waals surface area contributed by atoms with Crippen molar-refractivity contribution >= 4 is 67.3 Å². The van der Waals surface area contributed by atoms with Crippen molar-refractivity contribution in [3.05, 3.63) is 33.1 Å². The summed E-state index contributed by atoms with van der Waals surface area (Å²) in [5.74, 6) is -0.287.